The van der Waals surface area contributed by atoms with E-state index in [2.05, 4.69) is 18.9 Å². The zero-order valence-electron chi connectivity index (χ0n) is 11.8. The fourth-order valence-electron chi connectivity index (χ4n) is 3.10. The van der Waals surface area contributed by atoms with E-state index < -0.39 is 0 Å². The van der Waals surface area contributed by atoms with Crippen molar-refractivity contribution in [2.45, 2.75) is 65.8 Å². The molecular weight excluding hydrogens is 224 g/mol. The molecule has 1 aromatic heterocycles. The van der Waals surface area contributed by atoms with Crippen LogP contribution in [0.1, 0.15) is 56.0 Å². The number of hydrogen-bond acceptors (Lipinski definition) is 2. The molecule has 0 aromatic carbocycles. The van der Waals surface area contributed by atoms with Crippen LogP contribution in [0.3, 0.4) is 0 Å². The Morgan fingerprint density at radius 1 is 1.28 bits per heavy atom. The van der Waals surface area contributed by atoms with Gasteiger partial charge in [-0.2, -0.15) is 5.10 Å². The lowest BCUT2D eigenvalue weighted by Crippen LogP contribution is -2.23. The molecule has 100 valence electrons. The van der Waals surface area contributed by atoms with Crippen molar-refractivity contribution < 1.29 is 4.79 Å². The van der Waals surface area contributed by atoms with Crippen LogP contribution in [0.25, 0.3) is 0 Å². The number of Topliss-reactive ketones (excluding diaryl/α,β-unsaturated/α-hetero) is 1. The van der Waals surface area contributed by atoms with Crippen LogP contribution in [-0.4, -0.2) is 15.6 Å². The van der Waals surface area contributed by atoms with Gasteiger partial charge < -0.3 is 0 Å². The standard InChI is InChI=1S/C15H24N2O/c1-4-14-11(2)16-17(12(14)3)10-15(18)13-8-6-5-7-9-13/h13H,4-10H2,1-3H3. The van der Waals surface area contributed by atoms with Crippen LogP contribution in [0, 0.1) is 19.8 Å². The van der Waals surface area contributed by atoms with Gasteiger partial charge in [0.05, 0.1) is 5.69 Å². The van der Waals surface area contributed by atoms with Crippen molar-refractivity contribution >= 4 is 5.78 Å². The van der Waals surface area contributed by atoms with Crippen LogP contribution >= 0.6 is 0 Å². The second-order valence-electron chi connectivity index (χ2n) is 5.46. The van der Waals surface area contributed by atoms with Crippen LogP contribution < -0.4 is 0 Å². The fraction of sp³-hybridized carbons (Fsp3) is 0.733. The maximum absolute atomic E-state index is 12.3. The summed E-state index contributed by atoms with van der Waals surface area (Å²) in [5, 5.41) is 4.51. The van der Waals surface area contributed by atoms with Crippen LogP contribution in [-0.2, 0) is 17.8 Å². The van der Waals surface area contributed by atoms with E-state index in [0.717, 1.165) is 25.0 Å². The number of aryl methyl sites for hydroxylation is 1. The summed E-state index contributed by atoms with van der Waals surface area (Å²) >= 11 is 0. The Morgan fingerprint density at radius 3 is 2.50 bits per heavy atom. The molecule has 1 fully saturated rings. The zero-order chi connectivity index (χ0) is 13.1. The third-order valence-corrected chi connectivity index (χ3v) is 4.25. The smallest absolute Gasteiger partial charge is 0.157 e. The molecule has 3 heteroatoms. The number of hydrogen-bond donors (Lipinski definition) is 0. The number of carbonyl (C=O) groups is 1. The first kappa shape index (κ1) is 13.3. The van der Waals surface area contributed by atoms with Crippen molar-refractivity contribution in [3.8, 4) is 0 Å². The first-order chi connectivity index (χ1) is 8.63. The van der Waals surface area contributed by atoms with E-state index in [0.29, 0.717) is 12.3 Å². The SMILES string of the molecule is CCc1c(C)nn(CC(=O)C2CCCCC2)c1C. The molecule has 1 heterocycles. The van der Waals surface area contributed by atoms with Gasteiger partial charge in [0.2, 0.25) is 0 Å². The Labute approximate surface area is 110 Å². The average molecular weight is 248 g/mol. The molecule has 3 nitrogen and oxygen atoms in total. The zero-order valence-corrected chi connectivity index (χ0v) is 11.8. The average Bonchev–Trinajstić information content (AvgIpc) is 2.65. The monoisotopic (exact) mass is 248 g/mol. The number of nitrogens with zero attached hydrogens (tertiary/aromatic N) is 2. The molecule has 0 spiro atoms. The minimum absolute atomic E-state index is 0.285. The fourth-order valence-corrected chi connectivity index (χ4v) is 3.10. The largest absolute Gasteiger partial charge is 0.297 e. The highest BCUT2D eigenvalue weighted by atomic mass is 16.1. The summed E-state index contributed by atoms with van der Waals surface area (Å²) in [5.41, 5.74) is 3.54. The normalized spacial score (nSPS) is 17.1. The summed E-state index contributed by atoms with van der Waals surface area (Å²) in [7, 11) is 0. The Hall–Kier alpha value is -1.12. The molecule has 0 amide bonds. The van der Waals surface area contributed by atoms with Crippen molar-refractivity contribution in [3.05, 3.63) is 17.0 Å². The van der Waals surface area contributed by atoms with Crippen LogP contribution in [0.15, 0.2) is 0 Å². The predicted molar refractivity (Wildman–Crippen MR) is 72.7 cm³/mol. The van der Waals surface area contributed by atoms with Gasteiger partial charge in [0.25, 0.3) is 0 Å². The topological polar surface area (TPSA) is 34.9 Å². The Kier molecular flexibility index (Phi) is 4.20. The van der Waals surface area contributed by atoms with Gasteiger partial charge in [-0.25, -0.2) is 0 Å². The molecule has 18 heavy (non-hydrogen) atoms. The van der Waals surface area contributed by atoms with Gasteiger partial charge in [-0.3, -0.25) is 9.48 Å². The first-order valence-electron chi connectivity index (χ1n) is 7.19. The third-order valence-electron chi connectivity index (χ3n) is 4.25. The lowest BCUT2D eigenvalue weighted by molar-refractivity contribution is -0.124. The van der Waals surface area contributed by atoms with Gasteiger partial charge in [-0.1, -0.05) is 26.2 Å². The highest BCUT2D eigenvalue weighted by Gasteiger charge is 2.22. The molecule has 1 saturated carbocycles. The Balaban J connectivity index is 2.06. The number of ketones is 1. The molecule has 0 bridgehead atoms. The molecule has 0 N–H and O–H groups in total. The Morgan fingerprint density at radius 2 is 1.94 bits per heavy atom. The second-order valence-corrected chi connectivity index (χ2v) is 5.46. The summed E-state index contributed by atoms with van der Waals surface area (Å²) < 4.78 is 1.91. The molecule has 0 unspecified atom stereocenters. The van der Waals surface area contributed by atoms with Gasteiger partial charge in [0.1, 0.15) is 6.54 Å². The van der Waals surface area contributed by atoms with E-state index in [9.17, 15) is 4.79 Å². The minimum Gasteiger partial charge on any atom is -0.297 e. The molecule has 0 saturated heterocycles. The minimum atomic E-state index is 0.285. The van der Waals surface area contributed by atoms with Crippen molar-refractivity contribution in [1.82, 2.24) is 9.78 Å². The van der Waals surface area contributed by atoms with Gasteiger partial charge in [-0.15, -0.1) is 0 Å². The van der Waals surface area contributed by atoms with E-state index >= 15 is 0 Å². The second kappa shape index (κ2) is 5.68. The number of rotatable bonds is 4. The van der Waals surface area contributed by atoms with Gasteiger partial charge in [0, 0.05) is 11.6 Å². The van der Waals surface area contributed by atoms with E-state index in [1.54, 1.807) is 0 Å². The summed E-state index contributed by atoms with van der Waals surface area (Å²) in [6.07, 6.45) is 6.89. The lowest BCUT2D eigenvalue weighted by atomic mass is 9.86. The van der Waals surface area contributed by atoms with E-state index in [4.69, 9.17) is 0 Å². The van der Waals surface area contributed by atoms with Crippen LogP contribution in [0.2, 0.25) is 0 Å². The molecular formula is C15H24N2O. The highest BCUT2D eigenvalue weighted by molar-refractivity contribution is 5.80. The van der Waals surface area contributed by atoms with Crippen LogP contribution in [0.5, 0.6) is 0 Å². The van der Waals surface area contributed by atoms with Gasteiger partial charge >= 0.3 is 0 Å². The van der Waals surface area contributed by atoms with Crippen molar-refractivity contribution in [2.75, 3.05) is 0 Å². The summed E-state index contributed by atoms with van der Waals surface area (Å²) in [6.45, 7) is 6.72. The first-order valence-corrected chi connectivity index (χ1v) is 7.19. The lowest BCUT2D eigenvalue weighted by Gasteiger charge is -2.20. The van der Waals surface area contributed by atoms with Crippen molar-refractivity contribution in [3.63, 3.8) is 0 Å². The molecule has 1 aliphatic carbocycles. The molecule has 0 radical (unpaired) electrons. The summed E-state index contributed by atoms with van der Waals surface area (Å²) in [4.78, 5) is 12.3. The number of aromatic nitrogens is 2. The Bertz CT molecular complexity index is 428. The van der Waals surface area contributed by atoms with Gasteiger partial charge in [0.15, 0.2) is 5.78 Å². The van der Waals surface area contributed by atoms with E-state index in [1.807, 2.05) is 11.6 Å². The number of carbonyl (C=O) groups excluding carboxylic acids is 1. The summed E-state index contributed by atoms with van der Waals surface area (Å²) in [5.74, 6) is 0.663. The maximum atomic E-state index is 12.3. The predicted octanol–water partition coefficient (Wildman–Crippen LogP) is 3.21. The molecule has 1 aromatic rings. The molecule has 0 aliphatic heterocycles. The van der Waals surface area contributed by atoms with Crippen LogP contribution in [0.4, 0.5) is 0 Å². The molecule has 2 rings (SSSR count). The van der Waals surface area contributed by atoms with Crippen molar-refractivity contribution in [2.24, 2.45) is 5.92 Å². The molecule has 0 atom stereocenters. The third kappa shape index (κ3) is 2.65. The van der Waals surface area contributed by atoms with Crippen molar-refractivity contribution in [1.29, 1.82) is 0 Å². The highest BCUT2D eigenvalue weighted by Crippen LogP contribution is 2.25. The summed E-state index contributed by atoms with van der Waals surface area (Å²) in [6, 6.07) is 0. The van der Waals surface area contributed by atoms with E-state index in [-0.39, 0.29) is 5.92 Å². The quantitative estimate of drug-likeness (QED) is 0.820. The van der Waals surface area contributed by atoms with Gasteiger partial charge in [-0.05, 0) is 38.7 Å². The molecule has 1 aliphatic rings. The maximum Gasteiger partial charge on any atom is 0.157 e. The van der Waals surface area contributed by atoms with E-state index in [1.165, 1.54) is 30.5 Å².